The van der Waals surface area contributed by atoms with Gasteiger partial charge in [-0.2, -0.15) is 0 Å². The Morgan fingerprint density at radius 1 is 1.27 bits per heavy atom. The summed E-state index contributed by atoms with van der Waals surface area (Å²) in [7, 11) is 0. The number of esters is 1. The number of aromatic nitrogens is 1. The van der Waals surface area contributed by atoms with Gasteiger partial charge in [-0.05, 0) is 22.9 Å². The third kappa shape index (κ3) is 7.85. The van der Waals surface area contributed by atoms with Crippen molar-refractivity contribution in [3.8, 4) is 0 Å². The lowest BCUT2D eigenvalue weighted by Gasteiger charge is -2.27. The molecule has 0 bridgehead atoms. The van der Waals surface area contributed by atoms with Crippen molar-refractivity contribution in [2.45, 2.75) is 65.3 Å². The summed E-state index contributed by atoms with van der Waals surface area (Å²) < 4.78 is 5.29. The number of ether oxygens (including phenoxy) is 1. The van der Waals surface area contributed by atoms with Crippen LogP contribution in [-0.4, -0.2) is 34.1 Å². The molecule has 1 aromatic carbocycles. The molecular weight excluding hydrogens is 442 g/mol. The lowest BCUT2D eigenvalue weighted by molar-refractivity contribution is -0.124. The van der Waals surface area contributed by atoms with Crippen molar-refractivity contribution >= 4 is 23.2 Å². The van der Waals surface area contributed by atoms with E-state index in [-0.39, 0.29) is 42.5 Å². The highest BCUT2D eigenvalue weighted by atomic mass is 32.1. The zero-order valence-corrected chi connectivity index (χ0v) is 20.2. The summed E-state index contributed by atoms with van der Waals surface area (Å²) in [6, 6.07) is 8.14. The monoisotopic (exact) mass is 473 g/mol. The van der Waals surface area contributed by atoms with Crippen molar-refractivity contribution in [2.24, 2.45) is 17.0 Å². The van der Waals surface area contributed by atoms with Crippen molar-refractivity contribution in [3.63, 3.8) is 0 Å². The number of hydrogen-bond acceptors (Lipinski definition) is 7. The van der Waals surface area contributed by atoms with Gasteiger partial charge in [-0.15, -0.1) is 11.3 Å². The second-order valence-corrected chi connectivity index (χ2v) is 9.17. The largest absolute Gasteiger partial charge is 0.456 e. The zero-order chi connectivity index (χ0) is 24.4. The van der Waals surface area contributed by atoms with Crippen LogP contribution in [0.5, 0.6) is 0 Å². The Labute approximate surface area is 197 Å². The molecule has 1 amide bonds. The van der Waals surface area contributed by atoms with Crippen molar-refractivity contribution in [3.05, 3.63) is 62.4 Å². The van der Waals surface area contributed by atoms with Crippen LogP contribution in [0.3, 0.4) is 0 Å². The van der Waals surface area contributed by atoms with Crippen LogP contribution in [0.1, 0.15) is 67.7 Å². The van der Waals surface area contributed by atoms with Gasteiger partial charge in [0.05, 0.1) is 0 Å². The van der Waals surface area contributed by atoms with Gasteiger partial charge in [-0.25, -0.2) is 9.78 Å². The number of nitrogens with one attached hydrogen (secondary N) is 1. The number of carbonyl (C=O) groups excluding carboxylic acids is 2. The number of amides is 1. The lowest BCUT2D eigenvalue weighted by Crippen LogP contribution is -2.45. The van der Waals surface area contributed by atoms with Crippen LogP contribution in [0, 0.1) is 11.8 Å². The van der Waals surface area contributed by atoms with Crippen LogP contribution < -0.4 is 5.32 Å². The van der Waals surface area contributed by atoms with Crippen LogP contribution in [0.25, 0.3) is 10.4 Å². The Morgan fingerprint density at radius 2 is 1.97 bits per heavy atom. The van der Waals surface area contributed by atoms with Gasteiger partial charge >= 0.3 is 5.97 Å². The minimum atomic E-state index is -0.972. The van der Waals surface area contributed by atoms with Gasteiger partial charge in [0.15, 0.2) is 5.69 Å². The van der Waals surface area contributed by atoms with Crippen molar-refractivity contribution in [2.75, 3.05) is 0 Å². The molecule has 9 nitrogen and oxygen atoms in total. The molecule has 0 aliphatic heterocycles. The van der Waals surface area contributed by atoms with Gasteiger partial charge in [-0.3, -0.25) is 4.79 Å². The number of azide groups is 1. The average molecular weight is 474 g/mol. The number of thiazole rings is 1. The molecule has 0 spiro atoms. The van der Waals surface area contributed by atoms with E-state index in [0.29, 0.717) is 11.4 Å². The Kier molecular flexibility index (Phi) is 10.3. The quantitative estimate of drug-likeness (QED) is 0.198. The van der Waals surface area contributed by atoms with Crippen molar-refractivity contribution in [1.82, 2.24) is 10.3 Å². The fraction of sp³-hybridized carbons (Fsp3) is 0.522. The topological polar surface area (TPSA) is 137 Å². The fourth-order valence-corrected chi connectivity index (χ4v) is 3.93. The lowest BCUT2D eigenvalue weighted by atomic mass is 9.95. The number of aliphatic hydroxyl groups excluding tert-OH is 1. The van der Waals surface area contributed by atoms with Crippen molar-refractivity contribution < 1.29 is 19.4 Å². The molecule has 0 unspecified atom stereocenters. The molecule has 1 aromatic heterocycles. The molecule has 4 atom stereocenters. The summed E-state index contributed by atoms with van der Waals surface area (Å²) in [4.78, 5) is 32.1. The SMILES string of the molecule is CC[C@H](C)[C@H](N=[N+]=[N-])C(=O)N[C@H](C[C@@H](O)c1nc(C(=O)OCc2ccccc2)cs1)C(C)C. The predicted molar refractivity (Wildman–Crippen MR) is 126 cm³/mol. The molecule has 1 heterocycles. The molecule has 10 heteroatoms. The summed E-state index contributed by atoms with van der Waals surface area (Å²) in [5.74, 6) is -1.02. The van der Waals surface area contributed by atoms with Gasteiger partial charge in [0.2, 0.25) is 5.91 Å². The standard InChI is InChI=1S/C23H31N5O4S/c1-5-15(4)20(27-28-24)21(30)25-17(14(2)3)11-19(29)22-26-18(13-33-22)23(31)32-12-16-9-7-6-8-10-16/h6-10,13-15,17,19-20,29H,5,11-12H2,1-4H3,(H,25,30)/t15-,17+,19+,20-/m0/s1. The fourth-order valence-electron chi connectivity index (χ4n) is 3.14. The summed E-state index contributed by atoms with van der Waals surface area (Å²) in [6.45, 7) is 7.77. The Balaban J connectivity index is 2.00. The highest BCUT2D eigenvalue weighted by molar-refractivity contribution is 7.09. The Bertz CT molecular complexity index is 959. The first kappa shape index (κ1) is 26.3. The normalized spacial score (nSPS) is 14.6. The smallest absolute Gasteiger partial charge is 0.358 e. The van der Waals surface area contributed by atoms with Crippen LogP contribution in [0.4, 0.5) is 0 Å². The number of aliphatic hydroxyl groups is 1. The van der Waals surface area contributed by atoms with Crippen LogP contribution >= 0.6 is 11.3 Å². The molecule has 0 saturated carbocycles. The molecule has 0 saturated heterocycles. The molecule has 0 aliphatic carbocycles. The summed E-state index contributed by atoms with van der Waals surface area (Å²) in [6.07, 6.45) is -0.0762. The zero-order valence-electron chi connectivity index (χ0n) is 19.3. The third-order valence-corrected chi connectivity index (χ3v) is 6.41. The second-order valence-electron chi connectivity index (χ2n) is 8.28. The van der Waals surface area contributed by atoms with Gasteiger partial charge in [0, 0.05) is 22.8 Å². The van der Waals surface area contributed by atoms with E-state index in [1.807, 2.05) is 58.0 Å². The molecule has 2 N–H and O–H groups in total. The molecule has 0 fully saturated rings. The molecule has 178 valence electrons. The van der Waals surface area contributed by atoms with E-state index in [9.17, 15) is 14.7 Å². The van der Waals surface area contributed by atoms with E-state index in [1.54, 1.807) is 5.38 Å². The van der Waals surface area contributed by atoms with Gasteiger partial charge in [0.25, 0.3) is 0 Å². The van der Waals surface area contributed by atoms with E-state index in [4.69, 9.17) is 10.3 Å². The highest BCUT2D eigenvalue weighted by Crippen LogP contribution is 2.25. The maximum atomic E-state index is 12.7. The van der Waals surface area contributed by atoms with E-state index in [0.717, 1.165) is 16.9 Å². The second kappa shape index (κ2) is 12.9. The van der Waals surface area contributed by atoms with E-state index < -0.39 is 18.1 Å². The summed E-state index contributed by atoms with van der Waals surface area (Å²) in [5, 5.41) is 19.2. The molecule has 2 rings (SSSR count). The first-order chi connectivity index (χ1) is 15.8. The molecular formula is C23H31N5O4S. The van der Waals surface area contributed by atoms with E-state index in [2.05, 4.69) is 20.3 Å². The van der Waals surface area contributed by atoms with E-state index in [1.165, 1.54) is 0 Å². The Morgan fingerprint density at radius 3 is 2.58 bits per heavy atom. The summed E-state index contributed by atoms with van der Waals surface area (Å²) >= 11 is 1.16. The minimum Gasteiger partial charge on any atom is -0.456 e. The van der Waals surface area contributed by atoms with Gasteiger partial charge in [-0.1, -0.05) is 69.6 Å². The predicted octanol–water partition coefficient (Wildman–Crippen LogP) is 4.79. The number of nitrogens with zero attached hydrogens (tertiary/aromatic N) is 4. The first-order valence-corrected chi connectivity index (χ1v) is 11.8. The van der Waals surface area contributed by atoms with E-state index >= 15 is 0 Å². The van der Waals surface area contributed by atoms with Crippen molar-refractivity contribution in [1.29, 1.82) is 0 Å². The van der Waals surface area contributed by atoms with Crippen LogP contribution in [0.15, 0.2) is 40.8 Å². The molecule has 33 heavy (non-hydrogen) atoms. The number of rotatable bonds is 12. The number of carbonyl (C=O) groups is 2. The average Bonchev–Trinajstić information content (AvgIpc) is 3.31. The third-order valence-electron chi connectivity index (χ3n) is 5.47. The Hall–Kier alpha value is -2.94. The van der Waals surface area contributed by atoms with Gasteiger partial charge < -0.3 is 15.2 Å². The molecule has 0 radical (unpaired) electrons. The minimum absolute atomic E-state index is 0.0162. The maximum absolute atomic E-state index is 12.7. The van der Waals surface area contributed by atoms with Gasteiger partial charge in [0.1, 0.15) is 23.8 Å². The van der Waals surface area contributed by atoms with Crippen LogP contribution in [-0.2, 0) is 16.1 Å². The maximum Gasteiger partial charge on any atom is 0.358 e. The van der Waals surface area contributed by atoms with Crippen LogP contribution in [0.2, 0.25) is 0 Å². The molecule has 0 aliphatic rings. The summed E-state index contributed by atoms with van der Waals surface area (Å²) in [5.41, 5.74) is 9.81. The number of benzene rings is 1. The number of hydrogen-bond donors (Lipinski definition) is 2. The first-order valence-electron chi connectivity index (χ1n) is 11.0. The highest BCUT2D eigenvalue weighted by Gasteiger charge is 2.28. The molecule has 2 aromatic rings.